The standard InChI is InChI=1S/C18H16N6O/c1-11-3-2-4-13(21-11)16-17(14-7-8-20-18(19)22-14)24-9-12(10-25)5-6-15(24)23-16/h2-9,25H,10H2,1H3,(H2,19,20,22). The lowest BCUT2D eigenvalue weighted by molar-refractivity contribution is 0.281. The van der Waals surface area contributed by atoms with E-state index in [0.717, 1.165) is 28.3 Å². The number of rotatable bonds is 3. The van der Waals surface area contributed by atoms with E-state index in [1.165, 1.54) is 0 Å². The van der Waals surface area contributed by atoms with Crippen molar-refractivity contribution in [1.29, 1.82) is 0 Å². The van der Waals surface area contributed by atoms with Crippen LogP contribution in [0.15, 0.2) is 48.8 Å². The molecule has 0 unspecified atom stereocenters. The van der Waals surface area contributed by atoms with E-state index in [9.17, 15) is 5.11 Å². The van der Waals surface area contributed by atoms with E-state index in [1.807, 2.05) is 47.9 Å². The van der Waals surface area contributed by atoms with Gasteiger partial charge >= 0.3 is 0 Å². The zero-order chi connectivity index (χ0) is 17.4. The van der Waals surface area contributed by atoms with E-state index in [1.54, 1.807) is 12.3 Å². The Kier molecular flexibility index (Phi) is 3.62. The summed E-state index contributed by atoms with van der Waals surface area (Å²) in [6.45, 7) is 1.88. The first-order chi connectivity index (χ1) is 12.2. The SMILES string of the molecule is Cc1cccc(-c2nc3ccc(CO)cn3c2-c2ccnc(N)n2)n1. The molecule has 0 aliphatic rings. The fraction of sp³-hybridized carbons (Fsp3) is 0.111. The predicted molar refractivity (Wildman–Crippen MR) is 94.5 cm³/mol. The van der Waals surface area contributed by atoms with Crippen molar-refractivity contribution in [2.75, 3.05) is 5.73 Å². The lowest BCUT2D eigenvalue weighted by Crippen LogP contribution is -1.99. The minimum absolute atomic E-state index is 0.0580. The Morgan fingerprint density at radius 2 is 1.92 bits per heavy atom. The van der Waals surface area contributed by atoms with E-state index < -0.39 is 0 Å². The van der Waals surface area contributed by atoms with Gasteiger partial charge in [0.05, 0.1) is 18.0 Å². The van der Waals surface area contributed by atoms with Crippen molar-refractivity contribution < 1.29 is 5.11 Å². The number of anilines is 1. The van der Waals surface area contributed by atoms with Gasteiger partial charge in [0.1, 0.15) is 17.0 Å². The number of nitrogens with zero attached hydrogens (tertiary/aromatic N) is 5. The largest absolute Gasteiger partial charge is 0.392 e. The van der Waals surface area contributed by atoms with Gasteiger partial charge in [0.2, 0.25) is 5.95 Å². The molecule has 0 aliphatic carbocycles. The lowest BCUT2D eigenvalue weighted by Gasteiger charge is -2.06. The van der Waals surface area contributed by atoms with Gasteiger partial charge in [-0.1, -0.05) is 12.1 Å². The minimum atomic E-state index is -0.0580. The molecule has 0 saturated heterocycles. The van der Waals surface area contributed by atoms with Gasteiger partial charge < -0.3 is 10.8 Å². The van der Waals surface area contributed by atoms with Crippen molar-refractivity contribution >= 4 is 11.6 Å². The Bertz CT molecular complexity index is 1070. The quantitative estimate of drug-likeness (QED) is 0.596. The summed E-state index contributed by atoms with van der Waals surface area (Å²) in [5, 5.41) is 9.47. The third-order valence-corrected chi connectivity index (χ3v) is 3.91. The second-order valence-corrected chi connectivity index (χ2v) is 5.70. The molecule has 4 aromatic rings. The summed E-state index contributed by atoms with van der Waals surface area (Å²) >= 11 is 0. The maximum absolute atomic E-state index is 9.47. The molecule has 0 aliphatic heterocycles. The van der Waals surface area contributed by atoms with Crippen molar-refractivity contribution in [3.63, 3.8) is 0 Å². The number of aryl methyl sites for hydroxylation is 1. The van der Waals surface area contributed by atoms with Gasteiger partial charge in [-0.05, 0) is 36.8 Å². The topological polar surface area (TPSA) is 102 Å². The monoisotopic (exact) mass is 332 g/mol. The molecule has 0 radical (unpaired) electrons. The summed E-state index contributed by atoms with van der Waals surface area (Å²) < 4.78 is 1.90. The fourth-order valence-electron chi connectivity index (χ4n) is 2.79. The molecule has 7 heteroatoms. The van der Waals surface area contributed by atoms with E-state index in [2.05, 4.69) is 15.0 Å². The van der Waals surface area contributed by atoms with Gasteiger partial charge in [-0.2, -0.15) is 0 Å². The number of nitrogens with two attached hydrogens (primary N) is 1. The Hall–Kier alpha value is -3.32. The van der Waals surface area contributed by atoms with Crippen LogP contribution < -0.4 is 5.73 Å². The summed E-state index contributed by atoms with van der Waals surface area (Å²) in [7, 11) is 0. The second-order valence-electron chi connectivity index (χ2n) is 5.70. The van der Waals surface area contributed by atoms with Crippen LogP contribution in [0.25, 0.3) is 28.4 Å². The van der Waals surface area contributed by atoms with Crippen molar-refractivity contribution in [3.8, 4) is 22.8 Å². The molecule has 4 aromatic heterocycles. The normalized spacial score (nSPS) is 11.1. The summed E-state index contributed by atoms with van der Waals surface area (Å²) in [5.41, 5.74) is 11.1. The summed E-state index contributed by atoms with van der Waals surface area (Å²) in [6.07, 6.45) is 3.45. The van der Waals surface area contributed by atoms with Crippen LogP contribution >= 0.6 is 0 Å². The number of fused-ring (bicyclic) bond motifs is 1. The highest BCUT2D eigenvalue weighted by molar-refractivity contribution is 5.79. The van der Waals surface area contributed by atoms with Crippen molar-refractivity contribution in [2.24, 2.45) is 0 Å². The molecular weight excluding hydrogens is 316 g/mol. The maximum atomic E-state index is 9.47. The number of imidazole rings is 1. The molecule has 0 amide bonds. The summed E-state index contributed by atoms with van der Waals surface area (Å²) in [4.78, 5) is 17.6. The van der Waals surface area contributed by atoms with E-state index in [-0.39, 0.29) is 12.6 Å². The molecule has 4 rings (SSSR count). The van der Waals surface area contributed by atoms with Gasteiger partial charge in [-0.3, -0.25) is 9.38 Å². The summed E-state index contributed by atoms with van der Waals surface area (Å²) in [6, 6.07) is 11.3. The highest BCUT2D eigenvalue weighted by Crippen LogP contribution is 2.31. The van der Waals surface area contributed by atoms with Crippen LogP contribution in [0.3, 0.4) is 0 Å². The smallest absolute Gasteiger partial charge is 0.220 e. The van der Waals surface area contributed by atoms with E-state index in [0.29, 0.717) is 11.4 Å². The molecule has 7 nitrogen and oxygen atoms in total. The maximum Gasteiger partial charge on any atom is 0.220 e. The van der Waals surface area contributed by atoms with Crippen molar-refractivity contribution in [1.82, 2.24) is 24.3 Å². The zero-order valence-electron chi connectivity index (χ0n) is 13.6. The Morgan fingerprint density at radius 1 is 1.04 bits per heavy atom. The van der Waals surface area contributed by atoms with Crippen LogP contribution in [-0.4, -0.2) is 29.4 Å². The molecule has 124 valence electrons. The third kappa shape index (κ3) is 2.70. The van der Waals surface area contributed by atoms with Crippen LogP contribution in [0.4, 0.5) is 5.95 Å². The Balaban J connectivity index is 2.06. The van der Waals surface area contributed by atoms with Crippen LogP contribution in [0, 0.1) is 6.92 Å². The number of aliphatic hydroxyl groups excluding tert-OH is 1. The van der Waals surface area contributed by atoms with Crippen molar-refractivity contribution in [2.45, 2.75) is 13.5 Å². The van der Waals surface area contributed by atoms with E-state index >= 15 is 0 Å². The second kappa shape index (κ2) is 5.95. The van der Waals surface area contributed by atoms with Gasteiger partial charge in [0.25, 0.3) is 0 Å². The molecule has 0 saturated carbocycles. The number of hydrogen-bond acceptors (Lipinski definition) is 6. The molecule has 0 bridgehead atoms. The molecule has 4 heterocycles. The number of hydrogen-bond donors (Lipinski definition) is 2. The van der Waals surface area contributed by atoms with Gasteiger partial charge in [-0.25, -0.2) is 15.0 Å². The average Bonchev–Trinajstić information content (AvgIpc) is 3.00. The first-order valence-corrected chi connectivity index (χ1v) is 7.80. The number of nitrogen functional groups attached to an aromatic ring is 1. The molecule has 0 atom stereocenters. The Morgan fingerprint density at radius 3 is 2.68 bits per heavy atom. The van der Waals surface area contributed by atoms with Gasteiger partial charge in [-0.15, -0.1) is 0 Å². The molecule has 0 spiro atoms. The number of aliphatic hydroxyl groups is 1. The molecule has 3 N–H and O–H groups in total. The zero-order valence-corrected chi connectivity index (χ0v) is 13.6. The van der Waals surface area contributed by atoms with Gasteiger partial charge in [0.15, 0.2) is 0 Å². The first-order valence-electron chi connectivity index (χ1n) is 7.80. The Labute approximate surface area is 143 Å². The molecular formula is C18H16N6O. The van der Waals surface area contributed by atoms with Crippen LogP contribution in [0.1, 0.15) is 11.3 Å². The average molecular weight is 332 g/mol. The highest BCUT2D eigenvalue weighted by Gasteiger charge is 2.18. The lowest BCUT2D eigenvalue weighted by atomic mass is 10.1. The minimum Gasteiger partial charge on any atom is -0.392 e. The number of aromatic nitrogens is 5. The number of pyridine rings is 2. The van der Waals surface area contributed by atoms with Crippen LogP contribution in [0.5, 0.6) is 0 Å². The predicted octanol–water partition coefficient (Wildman–Crippen LogP) is 2.24. The molecule has 0 fully saturated rings. The fourth-order valence-corrected chi connectivity index (χ4v) is 2.79. The van der Waals surface area contributed by atoms with Crippen LogP contribution in [0.2, 0.25) is 0 Å². The summed E-state index contributed by atoms with van der Waals surface area (Å²) in [5.74, 6) is 0.189. The van der Waals surface area contributed by atoms with Crippen LogP contribution in [-0.2, 0) is 6.61 Å². The highest BCUT2D eigenvalue weighted by atomic mass is 16.3. The van der Waals surface area contributed by atoms with Crippen molar-refractivity contribution in [3.05, 3.63) is 60.0 Å². The third-order valence-electron chi connectivity index (χ3n) is 3.91. The molecule has 0 aromatic carbocycles. The first kappa shape index (κ1) is 15.2. The van der Waals surface area contributed by atoms with Gasteiger partial charge in [0, 0.05) is 18.1 Å². The van der Waals surface area contributed by atoms with E-state index in [4.69, 9.17) is 10.7 Å². The molecule has 25 heavy (non-hydrogen) atoms.